The Morgan fingerprint density at radius 1 is 1.19 bits per heavy atom. The quantitative estimate of drug-likeness (QED) is 0.658. The minimum Gasteiger partial charge on any atom is -0.477 e. The van der Waals surface area contributed by atoms with Crippen molar-refractivity contribution in [1.29, 1.82) is 5.26 Å². The minimum atomic E-state index is -1.37. The van der Waals surface area contributed by atoms with Crippen molar-refractivity contribution in [3.8, 4) is 6.07 Å². The van der Waals surface area contributed by atoms with Crippen LogP contribution in [0, 0.1) is 21.4 Å². The van der Waals surface area contributed by atoms with Gasteiger partial charge in [-0.15, -0.1) is 0 Å². The van der Waals surface area contributed by atoms with Crippen LogP contribution in [0.15, 0.2) is 42.5 Å². The Kier molecular flexibility index (Phi) is 3.81. The second kappa shape index (κ2) is 5.71. The number of anilines is 2. The summed E-state index contributed by atoms with van der Waals surface area (Å²) < 4.78 is 0. The Morgan fingerprint density at radius 2 is 1.81 bits per heavy atom. The molecule has 2 aromatic rings. The van der Waals surface area contributed by atoms with Crippen molar-refractivity contribution in [3.63, 3.8) is 0 Å². The first-order valence-electron chi connectivity index (χ1n) is 5.80. The highest BCUT2D eigenvalue weighted by molar-refractivity contribution is 5.93. The molecule has 0 aliphatic carbocycles. The van der Waals surface area contributed by atoms with Crippen LogP contribution in [0.2, 0.25) is 0 Å². The third kappa shape index (κ3) is 3.13. The number of carboxylic acids is 1. The molecule has 0 fully saturated rings. The SMILES string of the molecule is N#Cc1ccc(Nc2ccc([N+](=O)[O-])c(C(=O)O)c2)cc1. The summed E-state index contributed by atoms with van der Waals surface area (Å²) in [5, 5.41) is 31.4. The van der Waals surface area contributed by atoms with Gasteiger partial charge in [0, 0.05) is 17.4 Å². The number of nitriles is 1. The lowest BCUT2D eigenvalue weighted by atomic mass is 10.1. The summed E-state index contributed by atoms with van der Waals surface area (Å²) in [4.78, 5) is 21.1. The first-order valence-corrected chi connectivity index (χ1v) is 5.80. The number of nitrogens with one attached hydrogen (secondary N) is 1. The molecule has 0 aliphatic rings. The number of benzene rings is 2. The number of aromatic carboxylic acids is 1. The number of carboxylic acid groups (broad SMARTS) is 1. The summed E-state index contributed by atoms with van der Waals surface area (Å²) in [5.74, 6) is -1.37. The standard InChI is InChI=1S/C14H9N3O4/c15-8-9-1-3-10(4-2-9)16-11-5-6-13(17(20)21)12(7-11)14(18)19/h1-7,16H,(H,18,19). The zero-order valence-electron chi connectivity index (χ0n) is 10.6. The average molecular weight is 283 g/mol. The Balaban J connectivity index is 2.32. The molecule has 2 rings (SSSR count). The Hall–Kier alpha value is -3.40. The van der Waals surface area contributed by atoms with Gasteiger partial charge < -0.3 is 10.4 Å². The van der Waals surface area contributed by atoms with Gasteiger partial charge in [0.15, 0.2) is 0 Å². The number of rotatable bonds is 4. The highest BCUT2D eigenvalue weighted by atomic mass is 16.6. The predicted molar refractivity (Wildman–Crippen MR) is 74.5 cm³/mol. The fourth-order valence-corrected chi connectivity index (χ4v) is 1.74. The molecule has 0 saturated carbocycles. The van der Waals surface area contributed by atoms with Crippen molar-refractivity contribution in [3.05, 3.63) is 63.7 Å². The lowest BCUT2D eigenvalue weighted by Gasteiger charge is -2.07. The monoisotopic (exact) mass is 283 g/mol. The number of hydrogen-bond acceptors (Lipinski definition) is 5. The highest BCUT2D eigenvalue weighted by Crippen LogP contribution is 2.25. The minimum absolute atomic E-state index is 0.390. The van der Waals surface area contributed by atoms with Crippen LogP contribution in [0.4, 0.5) is 17.1 Å². The molecule has 0 heterocycles. The van der Waals surface area contributed by atoms with E-state index in [4.69, 9.17) is 10.4 Å². The van der Waals surface area contributed by atoms with Crippen LogP contribution in [0.3, 0.4) is 0 Å². The molecule has 0 saturated heterocycles. The molecule has 104 valence electrons. The van der Waals surface area contributed by atoms with Crippen LogP contribution in [0.1, 0.15) is 15.9 Å². The van der Waals surface area contributed by atoms with Gasteiger partial charge in [-0.05, 0) is 36.4 Å². The molecule has 0 bridgehead atoms. The Bertz CT molecular complexity index is 748. The van der Waals surface area contributed by atoms with Crippen molar-refractivity contribution in [2.24, 2.45) is 0 Å². The topological polar surface area (TPSA) is 116 Å². The molecule has 21 heavy (non-hydrogen) atoms. The molecule has 0 unspecified atom stereocenters. The second-order valence-corrected chi connectivity index (χ2v) is 4.11. The van der Waals surface area contributed by atoms with Crippen LogP contribution in [0.5, 0.6) is 0 Å². The van der Waals surface area contributed by atoms with E-state index in [0.29, 0.717) is 16.9 Å². The van der Waals surface area contributed by atoms with Gasteiger partial charge in [-0.2, -0.15) is 5.26 Å². The van der Waals surface area contributed by atoms with E-state index >= 15 is 0 Å². The van der Waals surface area contributed by atoms with E-state index in [2.05, 4.69) is 5.32 Å². The van der Waals surface area contributed by atoms with Gasteiger partial charge in [0.25, 0.3) is 5.69 Å². The van der Waals surface area contributed by atoms with Gasteiger partial charge >= 0.3 is 5.97 Å². The summed E-state index contributed by atoms with van der Waals surface area (Å²) in [6.07, 6.45) is 0. The van der Waals surface area contributed by atoms with E-state index in [1.807, 2.05) is 6.07 Å². The van der Waals surface area contributed by atoms with Crippen molar-refractivity contribution in [2.75, 3.05) is 5.32 Å². The average Bonchev–Trinajstić information content (AvgIpc) is 2.47. The second-order valence-electron chi connectivity index (χ2n) is 4.11. The maximum atomic E-state index is 11.0. The molecule has 7 heteroatoms. The van der Waals surface area contributed by atoms with Gasteiger partial charge in [0.2, 0.25) is 0 Å². The first kappa shape index (κ1) is 14.0. The van der Waals surface area contributed by atoms with Crippen molar-refractivity contribution < 1.29 is 14.8 Å². The fourth-order valence-electron chi connectivity index (χ4n) is 1.74. The van der Waals surface area contributed by atoms with E-state index < -0.39 is 22.1 Å². The molecule has 2 aromatic carbocycles. The van der Waals surface area contributed by atoms with Gasteiger partial charge in [-0.25, -0.2) is 4.79 Å². The Morgan fingerprint density at radius 3 is 2.33 bits per heavy atom. The van der Waals surface area contributed by atoms with Crippen LogP contribution < -0.4 is 5.32 Å². The van der Waals surface area contributed by atoms with Crippen molar-refractivity contribution in [1.82, 2.24) is 0 Å². The zero-order chi connectivity index (χ0) is 15.4. The molecule has 0 aromatic heterocycles. The van der Waals surface area contributed by atoms with Crippen LogP contribution >= 0.6 is 0 Å². The Labute approximate surface area is 119 Å². The molecule has 0 spiro atoms. The number of nitro groups is 1. The first-order chi connectivity index (χ1) is 10.0. The van der Waals surface area contributed by atoms with Crippen molar-refractivity contribution >= 4 is 23.0 Å². The number of nitro benzene ring substituents is 1. The molecular weight excluding hydrogens is 274 g/mol. The molecule has 0 amide bonds. The van der Waals surface area contributed by atoms with E-state index in [1.165, 1.54) is 12.1 Å². The molecule has 2 N–H and O–H groups in total. The maximum Gasteiger partial charge on any atom is 0.342 e. The normalized spacial score (nSPS) is 9.67. The lowest BCUT2D eigenvalue weighted by Crippen LogP contribution is -2.03. The maximum absolute atomic E-state index is 11.0. The van der Waals surface area contributed by atoms with E-state index in [-0.39, 0.29) is 0 Å². The van der Waals surface area contributed by atoms with E-state index in [9.17, 15) is 14.9 Å². The summed E-state index contributed by atoms with van der Waals surface area (Å²) in [5.41, 5.74) is 0.684. The van der Waals surface area contributed by atoms with Crippen molar-refractivity contribution in [2.45, 2.75) is 0 Å². The summed E-state index contributed by atoms with van der Waals surface area (Å²) in [6.45, 7) is 0. The number of carbonyl (C=O) groups is 1. The van der Waals surface area contributed by atoms with Gasteiger partial charge in [0.05, 0.1) is 16.6 Å². The lowest BCUT2D eigenvalue weighted by molar-refractivity contribution is -0.385. The molecule has 7 nitrogen and oxygen atoms in total. The summed E-state index contributed by atoms with van der Waals surface area (Å²) in [6, 6.07) is 12.2. The van der Waals surface area contributed by atoms with Crippen LogP contribution in [-0.2, 0) is 0 Å². The van der Waals surface area contributed by atoms with E-state index in [1.54, 1.807) is 24.3 Å². The zero-order valence-corrected chi connectivity index (χ0v) is 10.6. The molecule has 0 radical (unpaired) electrons. The van der Waals surface area contributed by atoms with Gasteiger partial charge in [-0.3, -0.25) is 10.1 Å². The number of hydrogen-bond donors (Lipinski definition) is 2. The highest BCUT2D eigenvalue weighted by Gasteiger charge is 2.19. The fraction of sp³-hybridized carbons (Fsp3) is 0. The molecule has 0 aliphatic heterocycles. The number of nitrogens with zero attached hydrogens (tertiary/aromatic N) is 2. The van der Waals surface area contributed by atoms with Crippen LogP contribution in [0.25, 0.3) is 0 Å². The smallest absolute Gasteiger partial charge is 0.342 e. The summed E-state index contributed by atoms with van der Waals surface area (Å²) >= 11 is 0. The van der Waals surface area contributed by atoms with E-state index in [0.717, 1.165) is 6.07 Å². The molecular formula is C14H9N3O4. The third-order valence-corrected chi connectivity index (χ3v) is 2.73. The third-order valence-electron chi connectivity index (χ3n) is 2.73. The predicted octanol–water partition coefficient (Wildman–Crippen LogP) is 2.91. The van der Waals surface area contributed by atoms with Crippen LogP contribution in [-0.4, -0.2) is 16.0 Å². The van der Waals surface area contributed by atoms with Gasteiger partial charge in [-0.1, -0.05) is 0 Å². The van der Waals surface area contributed by atoms with Gasteiger partial charge in [0.1, 0.15) is 5.56 Å². The molecule has 0 atom stereocenters. The summed E-state index contributed by atoms with van der Waals surface area (Å²) in [7, 11) is 0. The largest absolute Gasteiger partial charge is 0.477 e.